The molecule has 11 nitrogen and oxygen atoms in total. The van der Waals surface area contributed by atoms with E-state index in [1.807, 2.05) is 39.6 Å². The van der Waals surface area contributed by atoms with Crippen LogP contribution in [0.15, 0.2) is 18.2 Å². The summed E-state index contributed by atoms with van der Waals surface area (Å²) in [7, 11) is 3.36. The third-order valence-electron chi connectivity index (χ3n) is 6.82. The maximum Gasteiger partial charge on any atom is 0.307 e. The number of amidine groups is 1. The summed E-state index contributed by atoms with van der Waals surface area (Å²) < 4.78 is 11.8. The van der Waals surface area contributed by atoms with Gasteiger partial charge in [-0.2, -0.15) is 0 Å². The summed E-state index contributed by atoms with van der Waals surface area (Å²) in [6.45, 7) is 8.83. The summed E-state index contributed by atoms with van der Waals surface area (Å²) in [5.41, 5.74) is 2.80. The molecule has 2 aliphatic heterocycles. The molecule has 1 aromatic heterocycles. The maximum absolute atomic E-state index is 13.6. The van der Waals surface area contributed by atoms with Crippen LogP contribution in [0.3, 0.4) is 0 Å². The molecule has 0 radical (unpaired) electrons. The van der Waals surface area contributed by atoms with Gasteiger partial charge in [0.05, 0.1) is 31.8 Å². The van der Waals surface area contributed by atoms with Crippen LogP contribution in [0.4, 0.5) is 5.69 Å². The molecule has 0 bridgehead atoms. The first-order chi connectivity index (χ1) is 18.3. The molecule has 3 heterocycles. The minimum absolute atomic E-state index is 0. The van der Waals surface area contributed by atoms with Crippen LogP contribution in [0.25, 0.3) is 0 Å². The number of carbonyl (C=O) groups is 3. The Kier molecular flexibility index (Phi) is 9.13. The molecule has 3 N–H and O–H groups in total. The Bertz CT molecular complexity index is 1360. The van der Waals surface area contributed by atoms with Crippen molar-refractivity contribution in [1.29, 1.82) is 5.41 Å². The molecule has 2 aromatic rings. The lowest BCUT2D eigenvalue weighted by atomic mass is 9.83. The molecule has 40 heavy (non-hydrogen) atoms. The summed E-state index contributed by atoms with van der Waals surface area (Å²) in [6.07, 6.45) is -0.619. The molecule has 2 aliphatic rings. The number of amides is 1. The smallest absolute Gasteiger partial charge is 0.307 e. The Morgan fingerprint density at radius 2 is 1.95 bits per heavy atom. The number of carboxylic acid groups (broad SMARTS) is 1. The van der Waals surface area contributed by atoms with Gasteiger partial charge in [0.25, 0.3) is 5.91 Å². The Balaban J connectivity index is 0.00000441. The zero-order valence-corrected chi connectivity index (χ0v) is 25.3. The lowest BCUT2D eigenvalue weighted by Crippen LogP contribution is -2.40. The molecule has 1 unspecified atom stereocenters. The van der Waals surface area contributed by atoms with Crippen molar-refractivity contribution in [1.82, 2.24) is 15.2 Å². The third-order valence-corrected chi connectivity index (χ3v) is 6.82. The van der Waals surface area contributed by atoms with E-state index in [0.29, 0.717) is 41.5 Å². The van der Waals surface area contributed by atoms with E-state index in [9.17, 15) is 19.5 Å². The Hall–Kier alpha value is -3.67. The van der Waals surface area contributed by atoms with Gasteiger partial charge in [0.15, 0.2) is 17.2 Å². The molecule has 1 aromatic carbocycles. The maximum atomic E-state index is 13.6. The number of hydrogen-bond donors (Lipinski definition) is 3. The molecule has 12 heteroatoms. The van der Waals surface area contributed by atoms with E-state index in [1.54, 1.807) is 23.1 Å². The predicted molar refractivity (Wildman–Crippen MR) is 156 cm³/mol. The first-order valence-electron chi connectivity index (χ1n) is 12.9. The molecule has 1 amide bonds. The van der Waals surface area contributed by atoms with Crippen molar-refractivity contribution in [3.05, 3.63) is 46.3 Å². The number of nitrogens with one attached hydrogen (secondary N) is 2. The van der Waals surface area contributed by atoms with Gasteiger partial charge in [-0.1, -0.05) is 20.8 Å². The van der Waals surface area contributed by atoms with Gasteiger partial charge in [-0.05, 0) is 30.5 Å². The number of nitrogens with zero attached hydrogens (tertiary/aromatic N) is 3. The lowest BCUT2D eigenvalue weighted by Gasteiger charge is -2.37. The van der Waals surface area contributed by atoms with Crippen molar-refractivity contribution in [3.8, 4) is 11.5 Å². The zero-order valence-electron chi connectivity index (χ0n) is 23.6. The van der Waals surface area contributed by atoms with Gasteiger partial charge in [-0.15, -0.1) is 17.0 Å². The summed E-state index contributed by atoms with van der Waals surface area (Å²) >= 11 is 0. The van der Waals surface area contributed by atoms with E-state index < -0.39 is 18.0 Å². The van der Waals surface area contributed by atoms with Crippen LogP contribution in [0, 0.1) is 5.41 Å². The first kappa shape index (κ1) is 30.9. The first-order valence-corrected chi connectivity index (χ1v) is 12.9. The highest BCUT2D eigenvalue weighted by molar-refractivity contribution is 8.93. The average Bonchev–Trinajstić information content (AvgIpc) is 3.15. The molecule has 0 spiro atoms. The highest BCUT2D eigenvalue weighted by Crippen LogP contribution is 2.43. The molecule has 1 atom stereocenters. The number of hydrogen-bond acceptors (Lipinski definition) is 8. The number of aliphatic carboxylic acids is 1. The predicted octanol–water partition coefficient (Wildman–Crippen LogP) is 3.41. The number of likely N-dealkylation sites (N-methyl/N-ethyl adjacent to an activating group) is 1. The van der Waals surface area contributed by atoms with E-state index in [1.165, 1.54) is 7.05 Å². The number of rotatable bonds is 8. The standard InChI is InChI=1S/C28H35N5O6.BrH/c1-7-38-21-10-16-12-33(26(29)23(16)31-24(21)27(37)30-5)14-20(34)15-8-18(28(2,3)4)25-19(9-15)32(6)13-17(39-25)11-22(35)36;/h8-10,17,29H,7,11-14H2,1-6H3,(H,30,37)(H,35,36);1H. The number of pyridine rings is 1. The van der Waals surface area contributed by atoms with E-state index >= 15 is 0 Å². The van der Waals surface area contributed by atoms with Gasteiger partial charge in [-0.25, -0.2) is 4.98 Å². The van der Waals surface area contributed by atoms with Gasteiger partial charge in [0, 0.05) is 37.3 Å². The number of aromatic nitrogens is 1. The van der Waals surface area contributed by atoms with Crippen LogP contribution < -0.4 is 19.7 Å². The normalized spacial score (nSPS) is 15.9. The van der Waals surface area contributed by atoms with E-state index in [2.05, 4.69) is 10.3 Å². The topological polar surface area (TPSA) is 145 Å². The molecule has 0 fully saturated rings. The summed E-state index contributed by atoms with van der Waals surface area (Å²) in [6, 6.07) is 5.29. The van der Waals surface area contributed by atoms with Crippen LogP contribution in [-0.2, 0) is 16.8 Å². The second-order valence-corrected chi connectivity index (χ2v) is 10.8. The Morgan fingerprint density at radius 1 is 1.25 bits per heavy atom. The van der Waals surface area contributed by atoms with Crippen molar-refractivity contribution < 1.29 is 29.0 Å². The van der Waals surface area contributed by atoms with Crippen molar-refractivity contribution in [2.75, 3.05) is 38.7 Å². The van der Waals surface area contributed by atoms with Crippen LogP contribution >= 0.6 is 17.0 Å². The van der Waals surface area contributed by atoms with Gasteiger partial charge in [0.1, 0.15) is 23.4 Å². The minimum atomic E-state index is -0.930. The summed E-state index contributed by atoms with van der Waals surface area (Å²) in [5.74, 6) is -0.527. The molecular formula is C28H36BrN5O6. The van der Waals surface area contributed by atoms with Crippen molar-refractivity contribution in [3.63, 3.8) is 0 Å². The van der Waals surface area contributed by atoms with Crippen LogP contribution in [-0.4, -0.2) is 78.4 Å². The van der Waals surface area contributed by atoms with Crippen molar-refractivity contribution in [2.45, 2.75) is 52.2 Å². The number of halogens is 1. The zero-order chi connectivity index (χ0) is 28.6. The van der Waals surface area contributed by atoms with Crippen molar-refractivity contribution >= 4 is 46.2 Å². The highest BCUT2D eigenvalue weighted by atomic mass is 79.9. The van der Waals surface area contributed by atoms with Crippen molar-refractivity contribution in [2.24, 2.45) is 0 Å². The minimum Gasteiger partial charge on any atom is -0.491 e. The van der Waals surface area contributed by atoms with E-state index in [-0.39, 0.29) is 59.2 Å². The second kappa shape index (κ2) is 11.8. The van der Waals surface area contributed by atoms with Gasteiger partial charge in [0.2, 0.25) is 0 Å². The molecular weight excluding hydrogens is 582 g/mol. The lowest BCUT2D eigenvalue weighted by molar-refractivity contribution is -0.138. The van der Waals surface area contributed by atoms with Gasteiger partial charge >= 0.3 is 5.97 Å². The number of fused-ring (bicyclic) bond motifs is 2. The molecule has 0 saturated carbocycles. The molecule has 216 valence electrons. The number of carbonyl (C=O) groups excluding carboxylic acids is 2. The number of ether oxygens (including phenoxy) is 2. The Morgan fingerprint density at radius 3 is 2.55 bits per heavy atom. The molecule has 4 rings (SSSR count). The fourth-order valence-corrected chi connectivity index (χ4v) is 4.89. The highest BCUT2D eigenvalue weighted by Gasteiger charge is 2.34. The number of ketones is 1. The van der Waals surface area contributed by atoms with Gasteiger partial charge < -0.3 is 29.7 Å². The SMILES string of the molecule is Br.CCOc1cc2c(nc1C(=O)NC)C(=N)N(CC(=O)c1cc3c(c(C(C)(C)C)c1)OC(CC(=O)O)CN3C)C2. The summed E-state index contributed by atoms with van der Waals surface area (Å²) in [4.78, 5) is 45.2. The fourth-order valence-electron chi connectivity index (χ4n) is 4.89. The average molecular weight is 619 g/mol. The van der Waals surface area contributed by atoms with Crippen LogP contribution in [0.5, 0.6) is 11.5 Å². The monoisotopic (exact) mass is 617 g/mol. The van der Waals surface area contributed by atoms with Crippen LogP contribution in [0.1, 0.15) is 71.8 Å². The van der Waals surface area contributed by atoms with E-state index in [0.717, 1.165) is 11.3 Å². The number of anilines is 1. The number of carboxylic acids is 1. The quantitative estimate of drug-likeness (QED) is 0.379. The fraction of sp³-hybridized carbons (Fsp3) is 0.464. The van der Waals surface area contributed by atoms with E-state index in [4.69, 9.17) is 14.9 Å². The Labute approximate surface area is 244 Å². The largest absolute Gasteiger partial charge is 0.491 e. The number of Topliss-reactive ketones (excluding diaryl/α,β-unsaturated/α-hetero) is 1. The molecule has 0 saturated heterocycles. The number of benzene rings is 1. The third kappa shape index (κ3) is 6.06. The second-order valence-electron chi connectivity index (χ2n) is 10.8. The summed E-state index contributed by atoms with van der Waals surface area (Å²) in [5, 5.41) is 20.5. The molecule has 0 aliphatic carbocycles. The van der Waals surface area contributed by atoms with Crippen LogP contribution in [0.2, 0.25) is 0 Å². The van der Waals surface area contributed by atoms with Gasteiger partial charge in [-0.3, -0.25) is 19.8 Å².